The zero-order valence-corrected chi connectivity index (χ0v) is 17.7. The maximum atomic E-state index is 13.2. The summed E-state index contributed by atoms with van der Waals surface area (Å²) >= 11 is 0. The molecule has 1 heterocycles. The quantitative estimate of drug-likeness (QED) is 0.682. The topological polar surface area (TPSA) is 86.0 Å². The lowest BCUT2D eigenvalue weighted by Gasteiger charge is -2.14. The van der Waals surface area contributed by atoms with Crippen LogP contribution < -0.4 is 16.6 Å². The second kappa shape index (κ2) is 8.90. The van der Waals surface area contributed by atoms with Crippen LogP contribution in [0.5, 0.6) is 0 Å². The number of nitrogens with one attached hydrogen (secondary N) is 1. The molecular formula is C23H26N4O3. The zero-order valence-electron chi connectivity index (χ0n) is 17.7. The van der Waals surface area contributed by atoms with Crippen molar-refractivity contribution in [1.82, 2.24) is 19.7 Å². The van der Waals surface area contributed by atoms with Crippen molar-refractivity contribution >= 4 is 5.91 Å². The normalized spacial score (nSPS) is 11.0. The average molecular weight is 406 g/mol. The van der Waals surface area contributed by atoms with Gasteiger partial charge in [-0.1, -0.05) is 50.2 Å². The number of aryl methyl sites for hydroxylation is 1. The van der Waals surface area contributed by atoms with Crippen LogP contribution in [0, 0.1) is 6.92 Å². The molecule has 0 spiro atoms. The first-order chi connectivity index (χ1) is 14.3. The van der Waals surface area contributed by atoms with Gasteiger partial charge in [-0.15, -0.1) is 0 Å². The van der Waals surface area contributed by atoms with E-state index < -0.39 is 17.2 Å². The van der Waals surface area contributed by atoms with E-state index in [1.54, 1.807) is 19.1 Å². The Labute approximate surface area is 175 Å². The molecule has 0 aliphatic heterocycles. The fraction of sp³-hybridized carbons (Fsp3) is 0.304. The predicted octanol–water partition coefficient (Wildman–Crippen LogP) is 2.62. The van der Waals surface area contributed by atoms with E-state index in [2.05, 4.69) is 24.3 Å². The Morgan fingerprint density at radius 1 is 1.07 bits per heavy atom. The molecule has 0 aliphatic rings. The number of carbonyl (C=O) groups excluding carboxylic acids is 1. The summed E-state index contributed by atoms with van der Waals surface area (Å²) in [6.45, 7) is 8.23. The third-order valence-corrected chi connectivity index (χ3v) is 5.01. The highest BCUT2D eigenvalue weighted by molar-refractivity contribution is 5.91. The van der Waals surface area contributed by atoms with Crippen LogP contribution >= 0.6 is 0 Å². The number of benzene rings is 2. The summed E-state index contributed by atoms with van der Waals surface area (Å²) in [5.74, 6) is -0.266. The molecule has 0 bridgehead atoms. The van der Waals surface area contributed by atoms with Gasteiger partial charge in [-0.05, 0) is 48.6 Å². The number of rotatable bonds is 6. The van der Waals surface area contributed by atoms with E-state index in [0.717, 1.165) is 25.9 Å². The minimum Gasteiger partial charge on any atom is -0.351 e. The lowest BCUT2D eigenvalue weighted by molar-refractivity contribution is 0.0946. The first-order valence-corrected chi connectivity index (χ1v) is 10.0. The third-order valence-electron chi connectivity index (χ3n) is 5.01. The summed E-state index contributed by atoms with van der Waals surface area (Å²) in [6, 6.07) is 14.9. The summed E-state index contributed by atoms with van der Waals surface area (Å²) in [7, 11) is 0. The maximum Gasteiger partial charge on any atom is 0.352 e. The van der Waals surface area contributed by atoms with Gasteiger partial charge in [-0.2, -0.15) is 9.78 Å². The van der Waals surface area contributed by atoms with E-state index >= 15 is 0 Å². The molecule has 0 unspecified atom stereocenters. The molecule has 7 heteroatoms. The van der Waals surface area contributed by atoms with E-state index in [4.69, 9.17) is 0 Å². The largest absolute Gasteiger partial charge is 0.352 e. The SMILES string of the molecule is CCNC(=O)c1nn(-c2ccc(C(C)C)cc2)c(=O)n(Cc2ccccc2C)c1=O. The molecule has 0 fully saturated rings. The lowest BCUT2D eigenvalue weighted by Crippen LogP contribution is -2.46. The number of carbonyl (C=O) groups is 1. The van der Waals surface area contributed by atoms with E-state index in [1.807, 2.05) is 43.3 Å². The molecule has 0 saturated heterocycles. The molecule has 1 amide bonds. The Bertz CT molecular complexity index is 1170. The molecule has 1 aromatic heterocycles. The number of amides is 1. The summed E-state index contributed by atoms with van der Waals surface area (Å²) in [5, 5.41) is 6.72. The number of aromatic nitrogens is 3. The van der Waals surface area contributed by atoms with Gasteiger partial charge >= 0.3 is 5.69 Å². The Kier molecular flexibility index (Phi) is 6.30. The third kappa shape index (κ3) is 4.25. The molecule has 1 N–H and O–H groups in total. The highest BCUT2D eigenvalue weighted by atomic mass is 16.2. The molecule has 3 rings (SSSR count). The molecule has 7 nitrogen and oxygen atoms in total. The molecule has 0 atom stereocenters. The Morgan fingerprint density at radius 2 is 1.73 bits per heavy atom. The summed E-state index contributed by atoms with van der Waals surface area (Å²) in [5.41, 5.74) is 1.78. The molecule has 3 aromatic rings. The van der Waals surface area contributed by atoms with Crippen molar-refractivity contribution in [3.63, 3.8) is 0 Å². The van der Waals surface area contributed by atoms with Crippen LogP contribution in [-0.2, 0) is 6.54 Å². The van der Waals surface area contributed by atoms with Gasteiger partial charge in [0.2, 0.25) is 5.69 Å². The van der Waals surface area contributed by atoms with Crippen LogP contribution in [0.2, 0.25) is 0 Å². The fourth-order valence-electron chi connectivity index (χ4n) is 3.17. The Hall–Kier alpha value is -3.48. The summed E-state index contributed by atoms with van der Waals surface area (Å²) in [4.78, 5) is 38.6. The standard InChI is InChI=1S/C23H26N4O3/c1-5-24-21(28)20-22(29)26(14-18-9-7-6-8-16(18)4)23(30)27(25-20)19-12-10-17(11-13-19)15(2)3/h6-13,15H,5,14H2,1-4H3,(H,24,28). The van der Waals surface area contributed by atoms with Crippen LogP contribution in [0.4, 0.5) is 0 Å². The van der Waals surface area contributed by atoms with Crippen molar-refractivity contribution in [1.29, 1.82) is 0 Å². The highest BCUT2D eigenvalue weighted by Crippen LogP contribution is 2.16. The van der Waals surface area contributed by atoms with Crippen molar-refractivity contribution in [3.05, 3.63) is 91.8 Å². The molecule has 0 radical (unpaired) electrons. The smallest absolute Gasteiger partial charge is 0.351 e. The molecule has 0 saturated carbocycles. The minimum atomic E-state index is -0.704. The van der Waals surface area contributed by atoms with Gasteiger partial charge in [0, 0.05) is 6.54 Å². The van der Waals surface area contributed by atoms with Crippen LogP contribution in [0.1, 0.15) is 53.9 Å². The summed E-state index contributed by atoms with van der Waals surface area (Å²) in [6.07, 6.45) is 0. The van der Waals surface area contributed by atoms with Crippen LogP contribution in [0.25, 0.3) is 5.69 Å². The van der Waals surface area contributed by atoms with Crippen LogP contribution in [-0.4, -0.2) is 26.8 Å². The molecule has 156 valence electrons. The molecule has 2 aromatic carbocycles. The first kappa shape index (κ1) is 21.2. The van der Waals surface area contributed by atoms with Crippen molar-refractivity contribution in [2.24, 2.45) is 0 Å². The van der Waals surface area contributed by atoms with Crippen molar-refractivity contribution < 1.29 is 4.79 Å². The molecule has 0 aliphatic carbocycles. The first-order valence-electron chi connectivity index (χ1n) is 10.0. The Balaban J connectivity index is 2.20. The van der Waals surface area contributed by atoms with E-state index in [0.29, 0.717) is 18.2 Å². The Morgan fingerprint density at radius 3 is 2.33 bits per heavy atom. The summed E-state index contributed by atoms with van der Waals surface area (Å²) < 4.78 is 2.19. The zero-order chi connectivity index (χ0) is 21.8. The average Bonchev–Trinajstić information content (AvgIpc) is 2.72. The maximum absolute atomic E-state index is 13.2. The van der Waals surface area contributed by atoms with Crippen molar-refractivity contribution in [2.75, 3.05) is 6.54 Å². The number of hydrogen-bond donors (Lipinski definition) is 1. The second-order valence-electron chi connectivity index (χ2n) is 7.47. The van der Waals surface area contributed by atoms with E-state index in [1.165, 1.54) is 0 Å². The van der Waals surface area contributed by atoms with E-state index in [9.17, 15) is 14.4 Å². The van der Waals surface area contributed by atoms with Gasteiger partial charge in [0.05, 0.1) is 12.2 Å². The minimum absolute atomic E-state index is 0.0589. The monoisotopic (exact) mass is 406 g/mol. The van der Waals surface area contributed by atoms with Crippen molar-refractivity contribution in [3.8, 4) is 5.69 Å². The predicted molar refractivity (Wildman–Crippen MR) is 116 cm³/mol. The second-order valence-corrected chi connectivity index (χ2v) is 7.47. The van der Waals surface area contributed by atoms with Gasteiger partial charge in [0.1, 0.15) is 0 Å². The van der Waals surface area contributed by atoms with Crippen LogP contribution in [0.3, 0.4) is 0 Å². The highest BCUT2D eigenvalue weighted by Gasteiger charge is 2.20. The van der Waals surface area contributed by atoms with Gasteiger partial charge in [-0.25, -0.2) is 4.79 Å². The van der Waals surface area contributed by atoms with Gasteiger partial charge in [-0.3, -0.25) is 14.2 Å². The fourth-order valence-corrected chi connectivity index (χ4v) is 3.17. The number of nitrogens with zero attached hydrogens (tertiary/aromatic N) is 3. The van der Waals surface area contributed by atoms with Gasteiger partial charge in [0.15, 0.2) is 0 Å². The number of hydrogen-bond acceptors (Lipinski definition) is 4. The lowest BCUT2D eigenvalue weighted by atomic mass is 10.0. The molecule has 30 heavy (non-hydrogen) atoms. The van der Waals surface area contributed by atoms with E-state index in [-0.39, 0.29) is 12.2 Å². The molecular weight excluding hydrogens is 380 g/mol. The van der Waals surface area contributed by atoms with Gasteiger partial charge < -0.3 is 5.32 Å². The van der Waals surface area contributed by atoms with Crippen molar-refractivity contribution in [2.45, 2.75) is 40.2 Å². The van der Waals surface area contributed by atoms with Gasteiger partial charge in [0.25, 0.3) is 11.5 Å². The van der Waals surface area contributed by atoms with Crippen LogP contribution in [0.15, 0.2) is 58.1 Å².